The number of ether oxygens (including phenoxy) is 1. The molecule has 1 amide bonds. The summed E-state index contributed by atoms with van der Waals surface area (Å²) in [6.07, 6.45) is 5.55. The zero-order chi connectivity index (χ0) is 20.8. The van der Waals surface area contributed by atoms with Gasteiger partial charge in [-0.3, -0.25) is 4.79 Å². The molecule has 1 saturated carbocycles. The van der Waals surface area contributed by atoms with Crippen LogP contribution in [0.1, 0.15) is 74.7 Å². The highest BCUT2D eigenvalue weighted by Gasteiger charge is 2.47. The molecule has 5 heteroatoms. The molecule has 1 aromatic carbocycles. The molecule has 1 saturated heterocycles. The van der Waals surface area contributed by atoms with Crippen molar-refractivity contribution in [3.63, 3.8) is 0 Å². The van der Waals surface area contributed by atoms with E-state index < -0.39 is 0 Å². The molecule has 3 atom stereocenters. The van der Waals surface area contributed by atoms with Gasteiger partial charge in [-0.2, -0.15) is 0 Å². The van der Waals surface area contributed by atoms with Crippen LogP contribution in [0, 0.1) is 17.8 Å². The number of rotatable bonds is 3. The SMILES string of the molecule is C[C@@H]1CC[C@@H]2[C@@H](C1)c1c(ccc(C(=O)NCC3CCN(C)CC3)c1O)OC2(C)C. The van der Waals surface area contributed by atoms with Crippen LogP contribution in [0.4, 0.5) is 0 Å². The lowest BCUT2D eigenvalue weighted by Crippen LogP contribution is -2.46. The minimum absolute atomic E-state index is 0.128. The van der Waals surface area contributed by atoms with Gasteiger partial charge in [-0.15, -0.1) is 0 Å². The van der Waals surface area contributed by atoms with E-state index >= 15 is 0 Å². The van der Waals surface area contributed by atoms with Crippen molar-refractivity contribution in [1.82, 2.24) is 10.2 Å². The number of phenols is 1. The quantitative estimate of drug-likeness (QED) is 0.800. The molecule has 3 aliphatic rings. The summed E-state index contributed by atoms with van der Waals surface area (Å²) in [5, 5.41) is 14.2. The van der Waals surface area contributed by atoms with Crippen LogP contribution in [0.3, 0.4) is 0 Å². The Hall–Kier alpha value is -1.75. The fraction of sp³-hybridized carbons (Fsp3) is 0.708. The molecule has 4 rings (SSSR count). The Morgan fingerprint density at radius 3 is 2.69 bits per heavy atom. The molecule has 0 spiro atoms. The highest BCUT2D eigenvalue weighted by Crippen LogP contribution is 2.55. The Labute approximate surface area is 174 Å². The topological polar surface area (TPSA) is 61.8 Å². The minimum atomic E-state index is -0.248. The monoisotopic (exact) mass is 400 g/mol. The first-order chi connectivity index (χ1) is 13.8. The summed E-state index contributed by atoms with van der Waals surface area (Å²) in [6.45, 7) is 9.44. The first kappa shape index (κ1) is 20.5. The van der Waals surface area contributed by atoms with E-state index in [1.807, 2.05) is 6.07 Å². The van der Waals surface area contributed by atoms with E-state index in [9.17, 15) is 9.90 Å². The third-order valence-electron chi connectivity index (χ3n) is 7.56. The van der Waals surface area contributed by atoms with Gasteiger partial charge < -0.3 is 20.1 Å². The van der Waals surface area contributed by atoms with Gasteiger partial charge in [-0.25, -0.2) is 0 Å². The average molecular weight is 401 g/mol. The van der Waals surface area contributed by atoms with Crippen molar-refractivity contribution in [3.8, 4) is 11.5 Å². The van der Waals surface area contributed by atoms with Crippen molar-refractivity contribution in [2.75, 3.05) is 26.7 Å². The Morgan fingerprint density at radius 1 is 1.24 bits per heavy atom. The molecule has 2 heterocycles. The summed E-state index contributed by atoms with van der Waals surface area (Å²) in [7, 11) is 2.14. The number of aromatic hydroxyl groups is 1. The molecule has 2 fully saturated rings. The zero-order valence-corrected chi connectivity index (χ0v) is 18.3. The van der Waals surface area contributed by atoms with Gasteiger partial charge in [0.15, 0.2) is 0 Å². The van der Waals surface area contributed by atoms with Gasteiger partial charge in [-0.05, 0) is 89.6 Å². The second kappa shape index (κ2) is 7.82. The molecular weight excluding hydrogens is 364 g/mol. The summed E-state index contributed by atoms with van der Waals surface area (Å²) in [6, 6.07) is 3.61. The predicted molar refractivity (Wildman–Crippen MR) is 115 cm³/mol. The first-order valence-electron chi connectivity index (χ1n) is 11.3. The van der Waals surface area contributed by atoms with E-state index in [-0.39, 0.29) is 23.2 Å². The molecule has 160 valence electrons. The molecule has 5 nitrogen and oxygen atoms in total. The third-order valence-corrected chi connectivity index (χ3v) is 7.56. The lowest BCUT2D eigenvalue weighted by atomic mass is 9.64. The maximum Gasteiger partial charge on any atom is 0.255 e. The number of benzene rings is 1. The molecular formula is C24H36N2O3. The van der Waals surface area contributed by atoms with Crippen LogP contribution < -0.4 is 10.1 Å². The van der Waals surface area contributed by atoms with Crippen molar-refractivity contribution in [1.29, 1.82) is 0 Å². The van der Waals surface area contributed by atoms with Gasteiger partial charge in [0.1, 0.15) is 17.1 Å². The van der Waals surface area contributed by atoms with Crippen molar-refractivity contribution >= 4 is 5.91 Å². The van der Waals surface area contributed by atoms with E-state index in [1.54, 1.807) is 6.07 Å². The Balaban J connectivity index is 1.54. The number of nitrogens with one attached hydrogen (secondary N) is 1. The van der Waals surface area contributed by atoms with Crippen molar-refractivity contribution in [2.24, 2.45) is 17.8 Å². The van der Waals surface area contributed by atoms with E-state index in [0.717, 1.165) is 50.1 Å². The normalized spacial score (nSPS) is 29.4. The lowest BCUT2D eigenvalue weighted by molar-refractivity contribution is -0.0145. The smallest absolute Gasteiger partial charge is 0.255 e. The molecule has 1 aliphatic carbocycles. The van der Waals surface area contributed by atoms with Crippen LogP contribution in [0.5, 0.6) is 11.5 Å². The van der Waals surface area contributed by atoms with Gasteiger partial charge >= 0.3 is 0 Å². The van der Waals surface area contributed by atoms with Crippen LogP contribution in [0.2, 0.25) is 0 Å². The highest BCUT2D eigenvalue weighted by atomic mass is 16.5. The summed E-state index contributed by atoms with van der Waals surface area (Å²) < 4.78 is 6.31. The summed E-state index contributed by atoms with van der Waals surface area (Å²) in [5.74, 6) is 2.46. The number of carbonyl (C=O) groups excluding carboxylic acids is 1. The third kappa shape index (κ3) is 3.98. The maximum absolute atomic E-state index is 12.9. The summed E-state index contributed by atoms with van der Waals surface area (Å²) in [4.78, 5) is 15.2. The molecule has 29 heavy (non-hydrogen) atoms. The van der Waals surface area contributed by atoms with Gasteiger partial charge in [0.05, 0.1) is 5.56 Å². The molecule has 0 bridgehead atoms. The van der Waals surface area contributed by atoms with Crippen LogP contribution >= 0.6 is 0 Å². The highest BCUT2D eigenvalue weighted by molar-refractivity contribution is 5.97. The van der Waals surface area contributed by atoms with Crippen molar-refractivity contribution < 1.29 is 14.6 Å². The number of likely N-dealkylation sites (tertiary alicyclic amines) is 1. The van der Waals surface area contributed by atoms with Crippen LogP contribution in [-0.4, -0.2) is 48.2 Å². The number of piperidine rings is 1. The van der Waals surface area contributed by atoms with E-state index in [1.165, 1.54) is 6.42 Å². The van der Waals surface area contributed by atoms with Gasteiger partial charge in [-0.1, -0.05) is 13.3 Å². The maximum atomic E-state index is 12.9. The summed E-state index contributed by atoms with van der Waals surface area (Å²) in [5.41, 5.74) is 0.993. The number of nitrogens with zero attached hydrogens (tertiary/aromatic N) is 1. The minimum Gasteiger partial charge on any atom is -0.507 e. The first-order valence-corrected chi connectivity index (χ1v) is 11.3. The Morgan fingerprint density at radius 2 is 1.97 bits per heavy atom. The predicted octanol–water partition coefficient (Wildman–Crippen LogP) is 4.15. The second-order valence-electron chi connectivity index (χ2n) is 10.2. The number of amides is 1. The number of fused-ring (bicyclic) bond motifs is 3. The number of carbonyl (C=O) groups is 1. The van der Waals surface area contributed by atoms with E-state index in [0.29, 0.717) is 29.9 Å². The number of phenolic OH excluding ortho intramolecular Hbond substituents is 1. The number of hydrogen-bond donors (Lipinski definition) is 2. The van der Waals surface area contributed by atoms with Crippen molar-refractivity contribution in [3.05, 3.63) is 23.3 Å². The molecule has 2 aliphatic heterocycles. The van der Waals surface area contributed by atoms with Gasteiger partial charge in [0.2, 0.25) is 0 Å². The van der Waals surface area contributed by atoms with Gasteiger partial charge in [0, 0.05) is 18.0 Å². The van der Waals surface area contributed by atoms with Crippen LogP contribution in [0.15, 0.2) is 12.1 Å². The van der Waals surface area contributed by atoms with Crippen molar-refractivity contribution in [2.45, 2.75) is 64.4 Å². The average Bonchev–Trinajstić information content (AvgIpc) is 2.66. The second-order valence-corrected chi connectivity index (χ2v) is 10.2. The van der Waals surface area contributed by atoms with E-state index in [2.05, 4.69) is 38.0 Å². The largest absolute Gasteiger partial charge is 0.507 e. The van der Waals surface area contributed by atoms with Crippen LogP contribution in [-0.2, 0) is 0 Å². The lowest BCUT2D eigenvalue weighted by Gasteiger charge is -2.48. The summed E-state index contributed by atoms with van der Waals surface area (Å²) >= 11 is 0. The van der Waals surface area contributed by atoms with E-state index in [4.69, 9.17) is 4.74 Å². The Bertz CT molecular complexity index is 768. The Kier molecular flexibility index (Phi) is 5.54. The van der Waals surface area contributed by atoms with Crippen LogP contribution in [0.25, 0.3) is 0 Å². The molecule has 1 aromatic rings. The fourth-order valence-electron chi connectivity index (χ4n) is 5.71. The number of hydrogen-bond acceptors (Lipinski definition) is 4. The fourth-order valence-corrected chi connectivity index (χ4v) is 5.71. The van der Waals surface area contributed by atoms with Gasteiger partial charge in [0.25, 0.3) is 5.91 Å². The zero-order valence-electron chi connectivity index (χ0n) is 18.3. The molecule has 0 aromatic heterocycles. The standard InChI is InChI=1S/C24H36N2O3/c1-15-5-7-19-18(13-15)21-20(29-24(19,2)3)8-6-17(22(21)27)23(28)25-14-16-9-11-26(4)12-10-16/h6,8,15-16,18-19,27H,5,7,9-14H2,1-4H3,(H,25,28)/t15-,18-,19-/m1/s1. The molecule has 0 radical (unpaired) electrons. The molecule has 0 unspecified atom stereocenters. The molecule has 2 N–H and O–H groups in total.